The molecule has 1 aliphatic heterocycles. The highest BCUT2D eigenvalue weighted by Crippen LogP contribution is 2.49. The molecule has 2 atom stereocenters. The van der Waals surface area contributed by atoms with E-state index < -0.39 is 0 Å². The molecular weight excluding hydrogens is 366 g/mol. The first-order valence-electron chi connectivity index (χ1n) is 9.51. The first kappa shape index (κ1) is 17.2. The first-order chi connectivity index (χ1) is 13.0. The summed E-state index contributed by atoms with van der Waals surface area (Å²) in [6.07, 6.45) is 5.23. The number of hydrogen-bond donors (Lipinski definition) is 3. The zero-order chi connectivity index (χ0) is 18.6. The van der Waals surface area contributed by atoms with Gasteiger partial charge in [0.2, 0.25) is 0 Å². The molecule has 3 aliphatic rings. The number of phenolic OH excluding ortho intramolecular Hbond substituents is 1. The standard InChI is InChI=1S/C20H22ClN3O3/c21-11-4-5-12(17(26)8-11)18-13-9-20(6-7-20)27-10-14(13)19(24-23-18)22-15-2-1-3-16(15)25/h4-5,8,15-16,25-26H,1-3,6-7,9-10H2,(H,22,24)/t15-,16+/m1/s1. The van der Waals surface area contributed by atoms with Gasteiger partial charge in [0.05, 0.1) is 24.4 Å². The lowest BCUT2D eigenvalue weighted by Gasteiger charge is -2.29. The number of benzene rings is 1. The number of aromatic hydroxyl groups is 1. The average Bonchev–Trinajstić information content (AvgIpc) is 3.27. The van der Waals surface area contributed by atoms with E-state index in [0.29, 0.717) is 28.7 Å². The van der Waals surface area contributed by atoms with Crippen molar-refractivity contribution < 1.29 is 14.9 Å². The van der Waals surface area contributed by atoms with Crippen molar-refractivity contribution >= 4 is 17.4 Å². The molecule has 0 bridgehead atoms. The molecule has 0 amide bonds. The quantitative estimate of drug-likeness (QED) is 0.747. The van der Waals surface area contributed by atoms with Gasteiger partial charge in [-0.25, -0.2) is 0 Å². The van der Waals surface area contributed by atoms with Crippen LogP contribution in [0.5, 0.6) is 5.75 Å². The lowest BCUT2D eigenvalue weighted by Crippen LogP contribution is -2.31. The lowest BCUT2D eigenvalue weighted by molar-refractivity contribution is 0.00828. The molecule has 0 saturated heterocycles. The summed E-state index contributed by atoms with van der Waals surface area (Å²) in [6, 6.07) is 5.05. The van der Waals surface area contributed by atoms with Gasteiger partial charge in [-0.05, 0) is 55.9 Å². The van der Waals surface area contributed by atoms with Crippen molar-refractivity contribution in [2.24, 2.45) is 0 Å². The van der Waals surface area contributed by atoms with Gasteiger partial charge in [0.1, 0.15) is 11.4 Å². The molecule has 1 spiro atoms. The van der Waals surface area contributed by atoms with Crippen LogP contribution in [0.25, 0.3) is 11.3 Å². The van der Waals surface area contributed by atoms with Crippen molar-refractivity contribution in [3.63, 3.8) is 0 Å². The summed E-state index contributed by atoms with van der Waals surface area (Å²) in [5, 5.41) is 33.3. The number of halogens is 1. The molecule has 2 aromatic rings. The number of anilines is 1. The number of aliphatic hydroxyl groups excluding tert-OH is 1. The topological polar surface area (TPSA) is 87.5 Å². The number of nitrogens with one attached hydrogen (secondary N) is 1. The Morgan fingerprint density at radius 1 is 1.19 bits per heavy atom. The minimum atomic E-state index is -0.360. The molecule has 7 heteroatoms. The maximum atomic E-state index is 10.4. The predicted molar refractivity (Wildman–Crippen MR) is 102 cm³/mol. The van der Waals surface area contributed by atoms with Crippen molar-refractivity contribution in [3.05, 3.63) is 34.3 Å². The monoisotopic (exact) mass is 387 g/mol. The second kappa shape index (κ2) is 6.33. The van der Waals surface area contributed by atoms with E-state index in [1.54, 1.807) is 12.1 Å². The molecular formula is C20H22ClN3O3. The Morgan fingerprint density at radius 3 is 2.74 bits per heavy atom. The van der Waals surface area contributed by atoms with Gasteiger partial charge >= 0.3 is 0 Å². The molecule has 0 radical (unpaired) electrons. The summed E-state index contributed by atoms with van der Waals surface area (Å²) in [6.45, 7) is 0.470. The maximum absolute atomic E-state index is 10.4. The molecule has 27 heavy (non-hydrogen) atoms. The number of hydrogen-bond acceptors (Lipinski definition) is 6. The van der Waals surface area contributed by atoms with Crippen molar-refractivity contribution in [1.29, 1.82) is 0 Å². The van der Waals surface area contributed by atoms with E-state index in [4.69, 9.17) is 16.3 Å². The van der Waals surface area contributed by atoms with E-state index in [1.165, 1.54) is 6.07 Å². The number of ether oxygens (including phenoxy) is 1. The van der Waals surface area contributed by atoms with Crippen LogP contribution in [0.15, 0.2) is 18.2 Å². The third-order valence-electron chi connectivity index (χ3n) is 6.03. The van der Waals surface area contributed by atoms with Crippen LogP contribution in [0, 0.1) is 0 Å². The summed E-state index contributed by atoms with van der Waals surface area (Å²) in [7, 11) is 0. The van der Waals surface area contributed by atoms with Crippen LogP contribution in [0.4, 0.5) is 5.82 Å². The van der Waals surface area contributed by atoms with Gasteiger partial charge < -0.3 is 20.3 Å². The van der Waals surface area contributed by atoms with E-state index in [2.05, 4.69) is 15.5 Å². The molecule has 1 aromatic carbocycles. The van der Waals surface area contributed by atoms with Crippen LogP contribution >= 0.6 is 11.6 Å². The van der Waals surface area contributed by atoms with Crippen LogP contribution in [0.3, 0.4) is 0 Å². The Hall–Kier alpha value is -1.89. The molecule has 0 unspecified atom stereocenters. The molecule has 2 heterocycles. The summed E-state index contributed by atoms with van der Waals surface area (Å²) in [5.74, 6) is 0.783. The van der Waals surface area contributed by atoms with E-state index in [-0.39, 0.29) is 23.5 Å². The van der Waals surface area contributed by atoms with E-state index in [1.807, 2.05) is 0 Å². The Balaban J connectivity index is 1.58. The minimum Gasteiger partial charge on any atom is -0.507 e. The predicted octanol–water partition coefficient (Wildman–Crippen LogP) is 3.43. The molecule has 1 aromatic heterocycles. The highest BCUT2D eigenvalue weighted by atomic mass is 35.5. The van der Waals surface area contributed by atoms with E-state index in [0.717, 1.165) is 49.7 Å². The van der Waals surface area contributed by atoms with Crippen molar-refractivity contribution in [1.82, 2.24) is 10.2 Å². The van der Waals surface area contributed by atoms with Crippen molar-refractivity contribution in [2.75, 3.05) is 5.32 Å². The Morgan fingerprint density at radius 2 is 2.04 bits per heavy atom. The fraction of sp³-hybridized carbons (Fsp3) is 0.500. The summed E-state index contributed by atoms with van der Waals surface area (Å²) in [4.78, 5) is 0. The molecule has 2 fully saturated rings. The normalized spacial score (nSPS) is 25.4. The van der Waals surface area contributed by atoms with Gasteiger partial charge in [0, 0.05) is 22.6 Å². The van der Waals surface area contributed by atoms with Crippen LogP contribution in [0.2, 0.25) is 5.02 Å². The fourth-order valence-electron chi connectivity index (χ4n) is 4.23. The third kappa shape index (κ3) is 3.06. The minimum absolute atomic E-state index is 0.00463. The lowest BCUT2D eigenvalue weighted by atomic mass is 9.93. The molecule has 2 aliphatic carbocycles. The second-order valence-electron chi connectivity index (χ2n) is 7.91. The Labute approximate surface area is 162 Å². The van der Waals surface area contributed by atoms with E-state index >= 15 is 0 Å². The van der Waals surface area contributed by atoms with E-state index in [9.17, 15) is 10.2 Å². The summed E-state index contributed by atoms with van der Waals surface area (Å²) >= 11 is 5.99. The average molecular weight is 388 g/mol. The molecule has 2 saturated carbocycles. The van der Waals surface area contributed by atoms with Gasteiger partial charge in [-0.15, -0.1) is 10.2 Å². The maximum Gasteiger partial charge on any atom is 0.154 e. The molecule has 3 N–H and O–H groups in total. The molecule has 6 nitrogen and oxygen atoms in total. The zero-order valence-corrected chi connectivity index (χ0v) is 15.7. The van der Waals surface area contributed by atoms with Crippen LogP contribution in [0.1, 0.15) is 43.2 Å². The van der Waals surface area contributed by atoms with Gasteiger partial charge in [0.15, 0.2) is 5.82 Å². The SMILES string of the molecule is Oc1cc(Cl)ccc1-c1nnc(N[C@@H]2CCC[C@@H]2O)c2c1CC1(CC1)OC2. The van der Waals surface area contributed by atoms with Crippen LogP contribution < -0.4 is 5.32 Å². The number of aliphatic hydroxyl groups is 1. The summed E-state index contributed by atoms with van der Waals surface area (Å²) in [5.41, 5.74) is 3.28. The van der Waals surface area contributed by atoms with Crippen LogP contribution in [-0.2, 0) is 17.8 Å². The Kier molecular flexibility index (Phi) is 4.04. The fourth-order valence-corrected chi connectivity index (χ4v) is 4.40. The number of nitrogens with zero attached hydrogens (tertiary/aromatic N) is 2. The van der Waals surface area contributed by atoms with Crippen LogP contribution in [-0.4, -0.2) is 38.2 Å². The van der Waals surface area contributed by atoms with Crippen molar-refractivity contribution in [2.45, 2.75) is 62.9 Å². The van der Waals surface area contributed by atoms with Gasteiger partial charge in [-0.1, -0.05) is 11.6 Å². The van der Waals surface area contributed by atoms with Gasteiger partial charge in [-0.2, -0.15) is 0 Å². The second-order valence-corrected chi connectivity index (χ2v) is 8.35. The van der Waals surface area contributed by atoms with Gasteiger partial charge in [-0.3, -0.25) is 0 Å². The summed E-state index contributed by atoms with van der Waals surface area (Å²) < 4.78 is 6.12. The number of aromatic nitrogens is 2. The smallest absolute Gasteiger partial charge is 0.154 e. The zero-order valence-electron chi connectivity index (χ0n) is 14.9. The number of fused-ring (bicyclic) bond motifs is 1. The largest absolute Gasteiger partial charge is 0.507 e. The Bertz CT molecular complexity index is 900. The molecule has 5 rings (SSSR count). The molecule has 142 valence electrons. The highest BCUT2D eigenvalue weighted by Gasteiger charge is 2.48. The number of phenols is 1. The van der Waals surface area contributed by atoms with Crippen molar-refractivity contribution in [3.8, 4) is 17.0 Å². The highest BCUT2D eigenvalue weighted by molar-refractivity contribution is 6.30. The third-order valence-corrected chi connectivity index (χ3v) is 6.27. The first-order valence-corrected chi connectivity index (χ1v) is 9.88. The van der Waals surface area contributed by atoms with Gasteiger partial charge in [0.25, 0.3) is 0 Å². The number of rotatable bonds is 3.